The van der Waals surface area contributed by atoms with Crippen LogP contribution in [0.3, 0.4) is 0 Å². The Morgan fingerprint density at radius 3 is 2.84 bits per heavy atom. The Morgan fingerprint density at radius 2 is 2.16 bits per heavy atom. The lowest BCUT2D eigenvalue weighted by Gasteiger charge is -2.37. The lowest BCUT2D eigenvalue weighted by molar-refractivity contribution is -0.114. The van der Waals surface area contributed by atoms with E-state index in [0.29, 0.717) is 6.04 Å². The molecule has 0 aliphatic heterocycles. The average Bonchev–Trinajstić information content (AvgIpc) is 2.41. The van der Waals surface area contributed by atoms with Gasteiger partial charge < -0.3 is 4.90 Å². The lowest BCUT2D eigenvalue weighted by Crippen LogP contribution is -2.43. The van der Waals surface area contributed by atoms with E-state index in [1.807, 2.05) is 35.2 Å². The molecule has 0 unspecified atom stereocenters. The van der Waals surface area contributed by atoms with E-state index >= 15 is 0 Å². The summed E-state index contributed by atoms with van der Waals surface area (Å²) in [6, 6.07) is 10.1. The quantitative estimate of drug-likeness (QED) is 0.785. The van der Waals surface area contributed by atoms with Crippen LogP contribution in [0.1, 0.15) is 19.3 Å². The highest BCUT2D eigenvalue weighted by Crippen LogP contribution is 2.33. The van der Waals surface area contributed by atoms with Crippen LogP contribution < -0.4 is 4.90 Å². The van der Waals surface area contributed by atoms with Crippen molar-refractivity contribution in [3.63, 3.8) is 0 Å². The molecule has 96 valence electrons. The number of fused-ring (bicyclic) bond motifs is 1. The van der Waals surface area contributed by atoms with Gasteiger partial charge in [0.2, 0.25) is 0 Å². The molecule has 1 heterocycles. The summed E-state index contributed by atoms with van der Waals surface area (Å²) in [4.78, 5) is 18.4. The number of benzene rings is 1. The molecular weight excluding hydrogens is 236 g/mol. The van der Waals surface area contributed by atoms with Gasteiger partial charge in [0, 0.05) is 17.6 Å². The molecule has 1 fully saturated rings. The normalized spacial score (nSPS) is 14.9. The molecule has 0 radical (unpaired) electrons. The largest absolute Gasteiger partial charge is 0.305 e. The third-order valence-electron chi connectivity index (χ3n) is 3.73. The fourth-order valence-electron chi connectivity index (χ4n) is 2.54. The number of hydrogen-bond donors (Lipinski definition) is 0. The standard InChI is InChI=1S/C16H16N2O/c1-2-16(19)18(12-6-3-7-12)15-10-4-9-14-13(15)8-5-11-17-14/h2,4-5,8-12H,1,3,6-7H2. The zero-order valence-corrected chi connectivity index (χ0v) is 10.7. The van der Waals surface area contributed by atoms with E-state index in [1.165, 1.54) is 12.5 Å². The Balaban J connectivity index is 2.14. The molecule has 1 amide bonds. The van der Waals surface area contributed by atoms with Crippen molar-refractivity contribution in [1.29, 1.82) is 0 Å². The summed E-state index contributed by atoms with van der Waals surface area (Å²) in [5.74, 6) is -0.0268. The summed E-state index contributed by atoms with van der Waals surface area (Å²) in [6.45, 7) is 3.62. The smallest absolute Gasteiger partial charge is 0.250 e. The van der Waals surface area contributed by atoms with Gasteiger partial charge in [0.15, 0.2) is 0 Å². The maximum absolute atomic E-state index is 12.2. The van der Waals surface area contributed by atoms with Crippen LogP contribution in [0.15, 0.2) is 49.2 Å². The maximum atomic E-state index is 12.2. The molecule has 0 saturated heterocycles. The van der Waals surface area contributed by atoms with Crippen LogP contribution in [-0.4, -0.2) is 16.9 Å². The second-order valence-corrected chi connectivity index (χ2v) is 4.84. The van der Waals surface area contributed by atoms with Crippen molar-refractivity contribution < 1.29 is 4.79 Å². The fraction of sp³-hybridized carbons (Fsp3) is 0.250. The summed E-state index contributed by atoms with van der Waals surface area (Å²) < 4.78 is 0. The summed E-state index contributed by atoms with van der Waals surface area (Å²) in [7, 11) is 0. The predicted octanol–water partition coefficient (Wildman–Crippen LogP) is 3.31. The van der Waals surface area contributed by atoms with Crippen LogP contribution in [0, 0.1) is 0 Å². The third-order valence-corrected chi connectivity index (χ3v) is 3.73. The monoisotopic (exact) mass is 252 g/mol. The number of rotatable bonds is 3. The average molecular weight is 252 g/mol. The van der Waals surface area contributed by atoms with E-state index in [2.05, 4.69) is 11.6 Å². The van der Waals surface area contributed by atoms with E-state index in [0.717, 1.165) is 29.4 Å². The first-order valence-electron chi connectivity index (χ1n) is 6.60. The van der Waals surface area contributed by atoms with Gasteiger partial charge in [0.25, 0.3) is 5.91 Å². The number of amides is 1. The molecule has 1 aromatic carbocycles. The van der Waals surface area contributed by atoms with Gasteiger partial charge in [0.1, 0.15) is 0 Å². The number of aromatic nitrogens is 1. The minimum atomic E-state index is -0.0268. The minimum Gasteiger partial charge on any atom is -0.305 e. The summed E-state index contributed by atoms with van der Waals surface area (Å²) in [5.41, 5.74) is 1.86. The van der Waals surface area contributed by atoms with Crippen LogP contribution in [0.25, 0.3) is 10.9 Å². The number of hydrogen-bond acceptors (Lipinski definition) is 2. The maximum Gasteiger partial charge on any atom is 0.250 e. The van der Waals surface area contributed by atoms with Crippen molar-refractivity contribution in [2.24, 2.45) is 0 Å². The molecule has 2 aromatic rings. The Kier molecular flexibility index (Phi) is 3.03. The van der Waals surface area contributed by atoms with Crippen LogP contribution in [0.4, 0.5) is 5.69 Å². The third kappa shape index (κ3) is 2.01. The van der Waals surface area contributed by atoms with Crippen molar-refractivity contribution in [2.45, 2.75) is 25.3 Å². The van der Waals surface area contributed by atoms with Gasteiger partial charge in [-0.2, -0.15) is 0 Å². The Bertz CT molecular complexity index is 626. The molecule has 1 aromatic heterocycles. The van der Waals surface area contributed by atoms with Gasteiger partial charge in [-0.1, -0.05) is 12.6 Å². The molecule has 0 N–H and O–H groups in total. The molecule has 1 aliphatic carbocycles. The van der Waals surface area contributed by atoms with E-state index in [9.17, 15) is 4.79 Å². The highest BCUT2D eigenvalue weighted by molar-refractivity contribution is 6.07. The Hall–Kier alpha value is -2.16. The molecule has 3 rings (SSSR count). The van der Waals surface area contributed by atoms with Gasteiger partial charge in [0.05, 0.1) is 11.2 Å². The Labute approximate surface area is 112 Å². The van der Waals surface area contributed by atoms with Crippen LogP contribution in [-0.2, 0) is 4.79 Å². The molecule has 19 heavy (non-hydrogen) atoms. The number of anilines is 1. The highest BCUT2D eigenvalue weighted by Gasteiger charge is 2.29. The molecule has 0 spiro atoms. The molecule has 3 heteroatoms. The zero-order chi connectivity index (χ0) is 13.2. The predicted molar refractivity (Wildman–Crippen MR) is 77.1 cm³/mol. The van der Waals surface area contributed by atoms with Crippen molar-refractivity contribution in [3.8, 4) is 0 Å². The minimum absolute atomic E-state index is 0.0268. The van der Waals surface area contributed by atoms with Crippen molar-refractivity contribution in [3.05, 3.63) is 49.2 Å². The number of carbonyl (C=O) groups is 1. The van der Waals surface area contributed by atoms with Gasteiger partial charge in [-0.05, 0) is 49.6 Å². The summed E-state index contributed by atoms with van der Waals surface area (Å²) in [6.07, 6.45) is 6.49. The van der Waals surface area contributed by atoms with Crippen LogP contribution in [0.2, 0.25) is 0 Å². The van der Waals surface area contributed by atoms with E-state index in [1.54, 1.807) is 6.20 Å². The van der Waals surface area contributed by atoms with Crippen molar-refractivity contribution >= 4 is 22.5 Å². The SMILES string of the molecule is C=CC(=O)N(c1cccc2ncccc12)C1CCC1. The topological polar surface area (TPSA) is 33.2 Å². The number of carbonyl (C=O) groups excluding carboxylic acids is 1. The van der Waals surface area contributed by atoms with Crippen LogP contribution >= 0.6 is 0 Å². The Morgan fingerprint density at radius 1 is 1.32 bits per heavy atom. The lowest BCUT2D eigenvalue weighted by atomic mass is 9.90. The van der Waals surface area contributed by atoms with Crippen molar-refractivity contribution in [2.75, 3.05) is 4.90 Å². The number of nitrogens with zero attached hydrogens (tertiary/aromatic N) is 2. The molecule has 1 aliphatic rings. The second-order valence-electron chi connectivity index (χ2n) is 4.84. The zero-order valence-electron chi connectivity index (χ0n) is 10.7. The van der Waals surface area contributed by atoms with E-state index < -0.39 is 0 Å². The molecular formula is C16H16N2O. The molecule has 0 atom stereocenters. The van der Waals surface area contributed by atoms with Gasteiger partial charge in [-0.3, -0.25) is 9.78 Å². The fourth-order valence-corrected chi connectivity index (χ4v) is 2.54. The molecule has 0 bridgehead atoms. The summed E-state index contributed by atoms with van der Waals surface area (Å²) in [5, 5.41) is 1.02. The second kappa shape index (κ2) is 4.84. The van der Waals surface area contributed by atoms with Gasteiger partial charge in [-0.25, -0.2) is 0 Å². The molecule has 3 nitrogen and oxygen atoms in total. The molecule has 1 saturated carbocycles. The first-order chi connectivity index (χ1) is 9.31. The van der Waals surface area contributed by atoms with Crippen molar-refractivity contribution in [1.82, 2.24) is 4.98 Å². The highest BCUT2D eigenvalue weighted by atomic mass is 16.2. The van der Waals surface area contributed by atoms with Crippen LogP contribution in [0.5, 0.6) is 0 Å². The van der Waals surface area contributed by atoms with Gasteiger partial charge >= 0.3 is 0 Å². The van der Waals surface area contributed by atoms with Gasteiger partial charge in [-0.15, -0.1) is 0 Å². The summed E-state index contributed by atoms with van der Waals surface area (Å²) >= 11 is 0. The number of pyridine rings is 1. The first-order valence-corrected chi connectivity index (χ1v) is 6.60. The first kappa shape index (κ1) is 11.9. The van der Waals surface area contributed by atoms with E-state index in [-0.39, 0.29) is 5.91 Å². The van der Waals surface area contributed by atoms with E-state index in [4.69, 9.17) is 0 Å².